The minimum Gasteiger partial charge on any atom is -0.506 e. The summed E-state index contributed by atoms with van der Waals surface area (Å²) in [6.07, 6.45) is 3.42. The molecule has 3 heteroatoms. The first kappa shape index (κ1) is 9.81. The smallest absolute Gasteiger partial charge is 0.140 e. The third kappa shape index (κ3) is 1.49. The third-order valence-electron chi connectivity index (χ3n) is 2.92. The second-order valence-electron chi connectivity index (χ2n) is 3.87. The Bertz CT molecular complexity index is 343. The lowest BCUT2D eigenvalue weighted by Crippen LogP contribution is -2.20. The van der Waals surface area contributed by atoms with Crippen LogP contribution in [0, 0.1) is 0 Å². The zero-order valence-corrected chi connectivity index (χ0v) is 8.59. The van der Waals surface area contributed by atoms with Crippen molar-refractivity contribution in [3.63, 3.8) is 0 Å². The highest BCUT2D eigenvalue weighted by atomic mass is 35.5. The second kappa shape index (κ2) is 3.44. The summed E-state index contributed by atoms with van der Waals surface area (Å²) in [7, 11) is 0. The fourth-order valence-electron chi connectivity index (χ4n) is 2.12. The lowest BCUT2D eigenvalue weighted by Gasteiger charge is -2.23. The van der Waals surface area contributed by atoms with E-state index in [-0.39, 0.29) is 5.75 Å². The highest BCUT2D eigenvalue weighted by molar-refractivity contribution is 6.32. The van der Waals surface area contributed by atoms with Crippen molar-refractivity contribution < 1.29 is 10.2 Å². The summed E-state index contributed by atoms with van der Waals surface area (Å²) >= 11 is 5.79. The molecular formula is C11H13ClO2. The van der Waals surface area contributed by atoms with Gasteiger partial charge in [0.2, 0.25) is 0 Å². The Morgan fingerprint density at radius 2 is 1.86 bits per heavy atom. The fourth-order valence-corrected chi connectivity index (χ4v) is 2.29. The number of para-hydroxylation sites is 1. The number of phenols is 1. The topological polar surface area (TPSA) is 40.5 Å². The number of hydrogen-bond acceptors (Lipinski definition) is 2. The number of benzene rings is 1. The van der Waals surface area contributed by atoms with Crippen molar-refractivity contribution >= 4 is 11.6 Å². The molecule has 76 valence electrons. The number of halogens is 1. The average Bonchev–Trinajstić information content (AvgIpc) is 2.58. The van der Waals surface area contributed by atoms with Crippen LogP contribution in [0.25, 0.3) is 0 Å². The maximum atomic E-state index is 10.2. The van der Waals surface area contributed by atoms with Crippen LogP contribution in [0.3, 0.4) is 0 Å². The summed E-state index contributed by atoms with van der Waals surface area (Å²) in [6.45, 7) is 0. The van der Waals surface area contributed by atoms with Gasteiger partial charge in [-0.1, -0.05) is 36.6 Å². The molecule has 1 aromatic rings. The van der Waals surface area contributed by atoms with E-state index in [1.807, 2.05) is 0 Å². The second-order valence-corrected chi connectivity index (χ2v) is 4.28. The number of aliphatic hydroxyl groups is 1. The molecule has 2 N–H and O–H groups in total. The van der Waals surface area contributed by atoms with E-state index < -0.39 is 5.60 Å². The number of rotatable bonds is 1. The van der Waals surface area contributed by atoms with Crippen LogP contribution in [-0.4, -0.2) is 10.2 Å². The van der Waals surface area contributed by atoms with Gasteiger partial charge in [0.25, 0.3) is 0 Å². The summed E-state index contributed by atoms with van der Waals surface area (Å²) in [5.74, 6) is 0.0265. The molecule has 14 heavy (non-hydrogen) atoms. The molecule has 0 aliphatic heterocycles. The van der Waals surface area contributed by atoms with Crippen molar-refractivity contribution in [2.75, 3.05) is 0 Å². The molecule has 0 saturated heterocycles. The van der Waals surface area contributed by atoms with Crippen molar-refractivity contribution in [2.45, 2.75) is 31.3 Å². The van der Waals surface area contributed by atoms with E-state index in [1.165, 1.54) is 0 Å². The normalized spacial score (nSPS) is 19.9. The Hall–Kier alpha value is -0.730. The number of phenolic OH excluding ortho intramolecular Hbond substituents is 1. The fraction of sp³-hybridized carbons (Fsp3) is 0.455. The standard InChI is InChI=1S/C11H13ClO2/c12-9-5-3-4-8(10(9)13)11(14)6-1-2-7-11/h3-5,13-14H,1-2,6-7H2. The van der Waals surface area contributed by atoms with Gasteiger partial charge in [-0.15, -0.1) is 0 Å². The molecule has 0 unspecified atom stereocenters. The zero-order valence-electron chi connectivity index (χ0n) is 7.83. The largest absolute Gasteiger partial charge is 0.506 e. The Labute approximate surface area is 88.1 Å². The van der Waals surface area contributed by atoms with E-state index in [2.05, 4.69) is 0 Å². The molecular weight excluding hydrogens is 200 g/mol. The van der Waals surface area contributed by atoms with Gasteiger partial charge in [0, 0.05) is 5.56 Å². The summed E-state index contributed by atoms with van der Waals surface area (Å²) in [6, 6.07) is 5.12. The summed E-state index contributed by atoms with van der Waals surface area (Å²) < 4.78 is 0. The number of hydrogen-bond donors (Lipinski definition) is 2. The van der Waals surface area contributed by atoms with Crippen LogP contribution in [0.2, 0.25) is 5.02 Å². The Balaban J connectivity index is 2.45. The van der Waals surface area contributed by atoms with E-state index in [4.69, 9.17) is 11.6 Å². The zero-order chi connectivity index (χ0) is 10.2. The Morgan fingerprint density at radius 3 is 2.50 bits per heavy atom. The average molecular weight is 213 g/mol. The third-order valence-corrected chi connectivity index (χ3v) is 3.22. The monoisotopic (exact) mass is 212 g/mol. The van der Waals surface area contributed by atoms with Crippen LogP contribution in [0.4, 0.5) is 0 Å². The number of aromatic hydroxyl groups is 1. The van der Waals surface area contributed by atoms with Gasteiger partial charge >= 0.3 is 0 Å². The summed E-state index contributed by atoms with van der Waals surface area (Å²) in [5.41, 5.74) is -0.294. The maximum Gasteiger partial charge on any atom is 0.140 e. The van der Waals surface area contributed by atoms with E-state index in [0.29, 0.717) is 23.4 Å². The quantitative estimate of drug-likeness (QED) is 0.752. The van der Waals surface area contributed by atoms with Crippen molar-refractivity contribution in [2.24, 2.45) is 0 Å². The Morgan fingerprint density at radius 1 is 1.21 bits per heavy atom. The molecule has 0 heterocycles. The molecule has 2 nitrogen and oxygen atoms in total. The van der Waals surface area contributed by atoms with Gasteiger partial charge in [-0.25, -0.2) is 0 Å². The van der Waals surface area contributed by atoms with Crippen LogP contribution in [0.5, 0.6) is 5.75 Å². The van der Waals surface area contributed by atoms with E-state index >= 15 is 0 Å². The van der Waals surface area contributed by atoms with Crippen molar-refractivity contribution in [3.8, 4) is 5.75 Å². The lowest BCUT2D eigenvalue weighted by atomic mass is 9.91. The highest BCUT2D eigenvalue weighted by Crippen LogP contribution is 2.44. The van der Waals surface area contributed by atoms with Crippen molar-refractivity contribution in [3.05, 3.63) is 28.8 Å². The predicted octanol–water partition coefficient (Wildman–Crippen LogP) is 2.81. The van der Waals surface area contributed by atoms with Gasteiger partial charge < -0.3 is 10.2 Å². The predicted molar refractivity (Wildman–Crippen MR) is 55.5 cm³/mol. The molecule has 1 fully saturated rings. The minimum atomic E-state index is -0.866. The lowest BCUT2D eigenvalue weighted by molar-refractivity contribution is 0.0421. The van der Waals surface area contributed by atoms with Crippen LogP contribution in [0.15, 0.2) is 18.2 Å². The van der Waals surface area contributed by atoms with Crippen LogP contribution in [-0.2, 0) is 5.60 Å². The first-order valence-corrected chi connectivity index (χ1v) is 5.22. The van der Waals surface area contributed by atoms with Crippen molar-refractivity contribution in [1.29, 1.82) is 0 Å². The van der Waals surface area contributed by atoms with Gasteiger partial charge in [0.05, 0.1) is 10.6 Å². The molecule has 0 radical (unpaired) electrons. The summed E-state index contributed by atoms with van der Waals surface area (Å²) in [4.78, 5) is 0. The molecule has 0 bridgehead atoms. The molecule has 0 atom stereocenters. The van der Waals surface area contributed by atoms with E-state index in [9.17, 15) is 10.2 Å². The van der Waals surface area contributed by atoms with Gasteiger partial charge in [-0.3, -0.25) is 0 Å². The highest BCUT2D eigenvalue weighted by Gasteiger charge is 2.35. The molecule has 1 aromatic carbocycles. The maximum absolute atomic E-state index is 10.2. The van der Waals surface area contributed by atoms with Crippen LogP contribution >= 0.6 is 11.6 Å². The SMILES string of the molecule is Oc1c(Cl)cccc1C1(O)CCCC1. The van der Waals surface area contributed by atoms with Crippen LogP contribution in [0.1, 0.15) is 31.2 Å². The van der Waals surface area contributed by atoms with E-state index in [1.54, 1.807) is 18.2 Å². The molecule has 1 saturated carbocycles. The van der Waals surface area contributed by atoms with Crippen molar-refractivity contribution in [1.82, 2.24) is 0 Å². The first-order chi connectivity index (χ1) is 6.63. The molecule has 1 aliphatic carbocycles. The first-order valence-electron chi connectivity index (χ1n) is 4.84. The van der Waals surface area contributed by atoms with Gasteiger partial charge in [0.15, 0.2) is 0 Å². The molecule has 2 rings (SSSR count). The Kier molecular flexibility index (Phi) is 2.41. The van der Waals surface area contributed by atoms with Crippen LogP contribution < -0.4 is 0 Å². The molecule has 0 spiro atoms. The molecule has 0 aromatic heterocycles. The summed E-state index contributed by atoms with van der Waals surface area (Å²) in [5, 5.41) is 20.3. The van der Waals surface area contributed by atoms with Gasteiger partial charge in [-0.2, -0.15) is 0 Å². The molecule has 0 amide bonds. The van der Waals surface area contributed by atoms with Gasteiger partial charge in [-0.05, 0) is 18.9 Å². The van der Waals surface area contributed by atoms with Gasteiger partial charge in [0.1, 0.15) is 5.75 Å². The van der Waals surface area contributed by atoms with E-state index in [0.717, 1.165) is 12.8 Å². The minimum absolute atomic E-state index is 0.0265. The molecule has 1 aliphatic rings.